The highest BCUT2D eigenvalue weighted by Crippen LogP contribution is 2.41. The molecule has 1 saturated heterocycles. The molecule has 20 heavy (non-hydrogen) atoms. The Bertz CT molecular complexity index is 476. The van der Waals surface area contributed by atoms with Crippen molar-refractivity contribution in [2.75, 3.05) is 27.9 Å². The predicted octanol–water partition coefficient (Wildman–Crippen LogP) is 1.95. The number of hydrogen-bond acceptors (Lipinski definition) is 5. The zero-order valence-corrected chi connectivity index (χ0v) is 12.4. The van der Waals surface area contributed by atoms with Crippen LogP contribution in [0.25, 0.3) is 0 Å². The Morgan fingerprint density at radius 3 is 2.20 bits per heavy atom. The summed E-state index contributed by atoms with van der Waals surface area (Å²) in [4.78, 5) is 11.9. The monoisotopic (exact) mass is 279 g/mol. The molecule has 0 bridgehead atoms. The Labute approximate surface area is 119 Å². The fraction of sp³-hybridized carbons (Fsp3) is 0.533. The fourth-order valence-electron chi connectivity index (χ4n) is 2.63. The van der Waals surface area contributed by atoms with Gasteiger partial charge in [-0.2, -0.15) is 0 Å². The summed E-state index contributed by atoms with van der Waals surface area (Å²) in [6, 6.07) is 3.77. The Hall–Kier alpha value is -1.75. The first-order chi connectivity index (χ1) is 9.62. The number of piperidine rings is 1. The van der Waals surface area contributed by atoms with E-state index in [2.05, 4.69) is 5.32 Å². The van der Waals surface area contributed by atoms with Crippen molar-refractivity contribution < 1.29 is 19.0 Å². The minimum absolute atomic E-state index is 0.0232. The lowest BCUT2D eigenvalue weighted by Crippen LogP contribution is -2.38. The molecule has 5 nitrogen and oxygen atoms in total. The molecule has 2 rings (SSSR count). The van der Waals surface area contributed by atoms with Gasteiger partial charge in [-0.1, -0.05) is 6.92 Å². The molecule has 5 heteroatoms. The van der Waals surface area contributed by atoms with Gasteiger partial charge in [-0.15, -0.1) is 0 Å². The second kappa shape index (κ2) is 6.13. The van der Waals surface area contributed by atoms with Crippen molar-refractivity contribution in [1.29, 1.82) is 0 Å². The maximum atomic E-state index is 11.9. The van der Waals surface area contributed by atoms with Crippen LogP contribution in [-0.2, 0) is 4.79 Å². The molecule has 1 heterocycles. The molecule has 110 valence electrons. The maximum absolute atomic E-state index is 11.9. The molecule has 0 unspecified atom stereocenters. The number of benzene rings is 1. The average molecular weight is 279 g/mol. The largest absolute Gasteiger partial charge is 0.493 e. The van der Waals surface area contributed by atoms with Gasteiger partial charge in [0, 0.05) is 24.9 Å². The number of methoxy groups -OCH3 is 3. The van der Waals surface area contributed by atoms with Gasteiger partial charge in [0.1, 0.15) is 5.78 Å². The summed E-state index contributed by atoms with van der Waals surface area (Å²) in [7, 11) is 4.75. The van der Waals surface area contributed by atoms with Gasteiger partial charge in [0.15, 0.2) is 11.5 Å². The van der Waals surface area contributed by atoms with Crippen molar-refractivity contribution in [3.05, 3.63) is 17.7 Å². The van der Waals surface area contributed by atoms with E-state index in [1.807, 2.05) is 19.1 Å². The summed E-state index contributed by atoms with van der Waals surface area (Å²) in [5, 5.41) is 3.38. The number of ether oxygens (including phenoxy) is 3. The molecule has 1 aliphatic rings. The molecule has 1 N–H and O–H groups in total. The summed E-state index contributed by atoms with van der Waals surface area (Å²) < 4.78 is 16.0. The third-order valence-corrected chi connectivity index (χ3v) is 3.79. The van der Waals surface area contributed by atoms with E-state index in [0.717, 1.165) is 5.56 Å². The standard InChI is InChI=1S/C15H21NO4/c1-9-11(17)5-6-16-14(9)10-7-12(18-2)15(20-4)13(8-10)19-3/h7-9,14,16H,5-6H2,1-4H3/t9-,14-/m0/s1. The lowest BCUT2D eigenvalue weighted by molar-refractivity contribution is -0.124. The highest BCUT2D eigenvalue weighted by atomic mass is 16.5. The van der Waals surface area contributed by atoms with Crippen LogP contribution < -0.4 is 19.5 Å². The fourth-order valence-corrected chi connectivity index (χ4v) is 2.63. The lowest BCUT2D eigenvalue weighted by Gasteiger charge is -2.30. The SMILES string of the molecule is COc1cc([C@H]2NCCC(=O)[C@@H]2C)cc(OC)c1OC. The van der Waals surface area contributed by atoms with E-state index in [-0.39, 0.29) is 17.7 Å². The highest BCUT2D eigenvalue weighted by Gasteiger charge is 2.30. The minimum atomic E-state index is -0.0634. The first kappa shape index (κ1) is 14.7. The molecule has 1 aliphatic heterocycles. The Morgan fingerprint density at radius 1 is 1.10 bits per heavy atom. The lowest BCUT2D eigenvalue weighted by atomic mass is 9.86. The van der Waals surface area contributed by atoms with E-state index in [9.17, 15) is 4.79 Å². The number of Topliss-reactive ketones (excluding diaryl/α,β-unsaturated/α-hetero) is 1. The van der Waals surface area contributed by atoms with Crippen LogP contribution in [0.3, 0.4) is 0 Å². The van der Waals surface area contributed by atoms with Gasteiger partial charge < -0.3 is 19.5 Å². The van der Waals surface area contributed by atoms with Crippen LogP contribution in [0.15, 0.2) is 12.1 Å². The molecule has 0 amide bonds. The van der Waals surface area contributed by atoms with E-state index in [1.165, 1.54) is 0 Å². The topological polar surface area (TPSA) is 56.8 Å². The highest BCUT2D eigenvalue weighted by molar-refractivity contribution is 5.82. The first-order valence-corrected chi connectivity index (χ1v) is 6.68. The second-order valence-corrected chi connectivity index (χ2v) is 4.90. The molecule has 2 atom stereocenters. The Kier molecular flexibility index (Phi) is 4.49. The van der Waals surface area contributed by atoms with Crippen LogP contribution in [0.4, 0.5) is 0 Å². The van der Waals surface area contributed by atoms with E-state index >= 15 is 0 Å². The van der Waals surface area contributed by atoms with Gasteiger partial charge in [-0.3, -0.25) is 4.79 Å². The van der Waals surface area contributed by atoms with E-state index in [4.69, 9.17) is 14.2 Å². The molecule has 1 fully saturated rings. The van der Waals surface area contributed by atoms with Crippen molar-refractivity contribution in [2.24, 2.45) is 5.92 Å². The quantitative estimate of drug-likeness (QED) is 0.913. The van der Waals surface area contributed by atoms with Crippen LogP contribution >= 0.6 is 0 Å². The smallest absolute Gasteiger partial charge is 0.203 e. The van der Waals surface area contributed by atoms with E-state index in [1.54, 1.807) is 21.3 Å². The summed E-state index contributed by atoms with van der Waals surface area (Å²) >= 11 is 0. The van der Waals surface area contributed by atoms with Gasteiger partial charge in [0.2, 0.25) is 5.75 Å². The summed E-state index contributed by atoms with van der Waals surface area (Å²) in [5.74, 6) is 1.99. The third kappa shape index (κ3) is 2.58. The minimum Gasteiger partial charge on any atom is -0.493 e. The van der Waals surface area contributed by atoms with Crippen molar-refractivity contribution in [2.45, 2.75) is 19.4 Å². The van der Waals surface area contributed by atoms with Crippen molar-refractivity contribution in [3.8, 4) is 17.2 Å². The number of rotatable bonds is 4. The van der Waals surface area contributed by atoms with Gasteiger partial charge >= 0.3 is 0 Å². The molecule has 0 aromatic heterocycles. The Balaban J connectivity index is 2.43. The predicted molar refractivity (Wildman–Crippen MR) is 75.6 cm³/mol. The van der Waals surface area contributed by atoms with Gasteiger partial charge in [-0.05, 0) is 17.7 Å². The molecule has 0 radical (unpaired) electrons. The van der Waals surface area contributed by atoms with Crippen LogP contribution in [0.5, 0.6) is 17.2 Å². The van der Waals surface area contributed by atoms with Crippen molar-refractivity contribution in [1.82, 2.24) is 5.32 Å². The number of carbonyl (C=O) groups excluding carboxylic acids is 1. The molecule has 0 saturated carbocycles. The maximum Gasteiger partial charge on any atom is 0.203 e. The molecular weight excluding hydrogens is 258 g/mol. The number of hydrogen-bond donors (Lipinski definition) is 1. The molecule has 1 aromatic carbocycles. The van der Waals surface area contributed by atoms with Crippen LogP contribution in [-0.4, -0.2) is 33.7 Å². The van der Waals surface area contributed by atoms with Crippen molar-refractivity contribution >= 4 is 5.78 Å². The first-order valence-electron chi connectivity index (χ1n) is 6.68. The normalized spacial score (nSPS) is 22.5. The van der Waals surface area contributed by atoms with Gasteiger partial charge in [0.25, 0.3) is 0 Å². The van der Waals surface area contributed by atoms with E-state index in [0.29, 0.717) is 30.2 Å². The molecule has 0 aliphatic carbocycles. The van der Waals surface area contributed by atoms with Crippen LogP contribution in [0.1, 0.15) is 24.9 Å². The summed E-state index contributed by atoms with van der Waals surface area (Å²) in [6.45, 7) is 2.65. The zero-order valence-electron chi connectivity index (χ0n) is 12.4. The number of ketones is 1. The molecule has 1 aromatic rings. The summed E-state index contributed by atoms with van der Waals surface area (Å²) in [6.07, 6.45) is 0.585. The third-order valence-electron chi connectivity index (χ3n) is 3.79. The Morgan fingerprint density at radius 2 is 1.70 bits per heavy atom. The van der Waals surface area contributed by atoms with E-state index < -0.39 is 0 Å². The zero-order chi connectivity index (χ0) is 14.7. The molecule has 0 spiro atoms. The molecular formula is C15H21NO4. The van der Waals surface area contributed by atoms with Crippen molar-refractivity contribution in [3.63, 3.8) is 0 Å². The number of carbonyl (C=O) groups is 1. The average Bonchev–Trinajstić information content (AvgIpc) is 2.48. The second-order valence-electron chi connectivity index (χ2n) is 4.90. The van der Waals surface area contributed by atoms with Gasteiger partial charge in [0.05, 0.1) is 21.3 Å². The van der Waals surface area contributed by atoms with Crippen LogP contribution in [0, 0.1) is 5.92 Å². The summed E-state index contributed by atoms with van der Waals surface area (Å²) in [5.41, 5.74) is 0.972. The van der Waals surface area contributed by atoms with Gasteiger partial charge in [-0.25, -0.2) is 0 Å². The van der Waals surface area contributed by atoms with Crippen LogP contribution in [0.2, 0.25) is 0 Å². The number of nitrogens with one attached hydrogen (secondary N) is 1.